The van der Waals surface area contributed by atoms with Crippen molar-refractivity contribution in [2.75, 3.05) is 0 Å². The van der Waals surface area contributed by atoms with Crippen LogP contribution in [0.2, 0.25) is 0 Å². The van der Waals surface area contributed by atoms with Crippen molar-refractivity contribution in [1.29, 1.82) is 0 Å². The Kier molecular flexibility index (Phi) is 3.34. The molecule has 104 valence electrons. The molecule has 3 N–H and O–H groups in total. The van der Waals surface area contributed by atoms with Crippen molar-refractivity contribution in [2.45, 2.75) is 0 Å². The summed E-state index contributed by atoms with van der Waals surface area (Å²) < 4.78 is 0. The summed E-state index contributed by atoms with van der Waals surface area (Å²) in [6, 6.07) is 11.9. The molecular formula is C15H12N4O2. The van der Waals surface area contributed by atoms with E-state index in [1.807, 2.05) is 0 Å². The van der Waals surface area contributed by atoms with Gasteiger partial charge in [-0.3, -0.25) is 4.79 Å². The molecule has 3 rings (SSSR count). The van der Waals surface area contributed by atoms with Crippen LogP contribution in [0.15, 0.2) is 53.9 Å². The third-order valence-corrected chi connectivity index (χ3v) is 2.99. The fraction of sp³-hybridized carbons (Fsp3) is 0. The molecule has 0 aliphatic heterocycles. The number of hydrogen-bond donors (Lipinski definition) is 3. The number of aromatic amines is 1. The number of imidazole rings is 1. The van der Waals surface area contributed by atoms with Gasteiger partial charge in [0.1, 0.15) is 5.75 Å². The van der Waals surface area contributed by atoms with Crippen LogP contribution in [0.3, 0.4) is 0 Å². The Hall–Kier alpha value is -3.15. The van der Waals surface area contributed by atoms with Gasteiger partial charge < -0.3 is 10.1 Å². The van der Waals surface area contributed by atoms with Gasteiger partial charge in [0.15, 0.2) is 0 Å². The number of hydrazone groups is 1. The van der Waals surface area contributed by atoms with Crippen molar-refractivity contribution in [2.24, 2.45) is 5.10 Å². The number of nitrogens with zero attached hydrogens (tertiary/aromatic N) is 2. The Balaban J connectivity index is 1.73. The molecule has 0 unspecified atom stereocenters. The second-order valence-corrected chi connectivity index (χ2v) is 4.39. The highest BCUT2D eigenvalue weighted by Crippen LogP contribution is 2.13. The number of carbonyl (C=O) groups is 1. The number of aromatic hydroxyl groups is 1. The molecule has 1 amide bonds. The molecule has 0 fully saturated rings. The third kappa shape index (κ3) is 2.74. The standard InChI is InChI=1S/C15H12N4O2/c20-14-4-2-1-3-11(14)8-18-19-15(21)10-5-6-12-13(7-10)17-9-16-12/h1-9,20H,(H,16,17)(H,19,21)/b18-8-. The largest absolute Gasteiger partial charge is 0.507 e. The summed E-state index contributed by atoms with van der Waals surface area (Å²) in [7, 11) is 0. The molecule has 1 aromatic heterocycles. The van der Waals surface area contributed by atoms with E-state index in [1.165, 1.54) is 6.21 Å². The number of H-pyrrole nitrogens is 1. The molecule has 0 aliphatic carbocycles. The highest BCUT2D eigenvalue weighted by molar-refractivity contribution is 5.97. The number of amides is 1. The summed E-state index contributed by atoms with van der Waals surface area (Å²) in [4.78, 5) is 19.0. The van der Waals surface area contributed by atoms with E-state index in [-0.39, 0.29) is 11.7 Å². The Morgan fingerprint density at radius 1 is 1.29 bits per heavy atom. The number of phenolic OH excluding ortho intramolecular Hbond substituents is 1. The quantitative estimate of drug-likeness (QED) is 0.506. The average Bonchev–Trinajstić information content (AvgIpc) is 2.96. The number of phenols is 1. The number of carbonyl (C=O) groups excluding carboxylic acids is 1. The molecule has 0 saturated heterocycles. The first-order chi connectivity index (χ1) is 10.2. The van der Waals surface area contributed by atoms with Crippen LogP contribution in [0.5, 0.6) is 5.75 Å². The topological polar surface area (TPSA) is 90.4 Å². The van der Waals surface area contributed by atoms with Crippen LogP contribution < -0.4 is 5.43 Å². The van der Waals surface area contributed by atoms with E-state index in [2.05, 4.69) is 20.5 Å². The highest BCUT2D eigenvalue weighted by atomic mass is 16.3. The Bertz CT molecular complexity index is 823. The van der Waals surface area contributed by atoms with Crippen LogP contribution in [0.4, 0.5) is 0 Å². The van der Waals surface area contributed by atoms with E-state index in [9.17, 15) is 9.90 Å². The van der Waals surface area contributed by atoms with Crippen LogP contribution in [-0.4, -0.2) is 27.2 Å². The Morgan fingerprint density at radius 3 is 3.00 bits per heavy atom. The normalized spacial score (nSPS) is 11.0. The van der Waals surface area contributed by atoms with Crippen molar-refractivity contribution in [3.63, 3.8) is 0 Å². The second-order valence-electron chi connectivity index (χ2n) is 4.39. The van der Waals surface area contributed by atoms with E-state index < -0.39 is 0 Å². The van der Waals surface area contributed by atoms with Gasteiger partial charge in [0, 0.05) is 11.1 Å². The van der Waals surface area contributed by atoms with Crippen LogP contribution in [-0.2, 0) is 0 Å². The summed E-state index contributed by atoms with van der Waals surface area (Å²) in [6.45, 7) is 0. The van der Waals surface area contributed by atoms with Gasteiger partial charge in [-0.25, -0.2) is 10.4 Å². The van der Waals surface area contributed by atoms with Gasteiger partial charge in [0.25, 0.3) is 5.91 Å². The molecular weight excluding hydrogens is 268 g/mol. The Labute approximate surface area is 120 Å². The first-order valence-corrected chi connectivity index (χ1v) is 6.28. The molecule has 0 spiro atoms. The molecule has 0 bridgehead atoms. The molecule has 0 saturated carbocycles. The van der Waals surface area contributed by atoms with Gasteiger partial charge in [-0.15, -0.1) is 0 Å². The van der Waals surface area contributed by atoms with Gasteiger partial charge in [0.2, 0.25) is 0 Å². The molecule has 6 heteroatoms. The molecule has 2 aromatic carbocycles. The van der Waals surface area contributed by atoms with E-state index in [1.54, 1.807) is 48.8 Å². The maximum atomic E-state index is 12.0. The first-order valence-electron chi connectivity index (χ1n) is 6.28. The van der Waals surface area contributed by atoms with Gasteiger partial charge in [-0.1, -0.05) is 12.1 Å². The minimum Gasteiger partial charge on any atom is -0.507 e. The second kappa shape index (κ2) is 5.46. The lowest BCUT2D eigenvalue weighted by molar-refractivity contribution is 0.0955. The van der Waals surface area contributed by atoms with E-state index in [4.69, 9.17) is 0 Å². The number of rotatable bonds is 3. The van der Waals surface area contributed by atoms with Crippen LogP contribution in [0.25, 0.3) is 11.0 Å². The van der Waals surface area contributed by atoms with Crippen molar-refractivity contribution in [3.8, 4) is 5.75 Å². The lowest BCUT2D eigenvalue weighted by Gasteiger charge is -2.00. The van der Waals surface area contributed by atoms with E-state index in [0.29, 0.717) is 11.1 Å². The van der Waals surface area contributed by atoms with Gasteiger partial charge in [0.05, 0.1) is 23.6 Å². The van der Waals surface area contributed by atoms with Crippen molar-refractivity contribution in [1.82, 2.24) is 15.4 Å². The van der Waals surface area contributed by atoms with Crippen LogP contribution in [0, 0.1) is 0 Å². The number of fused-ring (bicyclic) bond motifs is 1. The number of benzene rings is 2. The van der Waals surface area contributed by atoms with Gasteiger partial charge in [-0.05, 0) is 30.3 Å². The fourth-order valence-corrected chi connectivity index (χ4v) is 1.90. The lowest BCUT2D eigenvalue weighted by Crippen LogP contribution is -2.17. The zero-order valence-corrected chi connectivity index (χ0v) is 10.9. The summed E-state index contributed by atoms with van der Waals surface area (Å²) >= 11 is 0. The average molecular weight is 280 g/mol. The maximum absolute atomic E-state index is 12.0. The molecule has 1 heterocycles. The number of hydrogen-bond acceptors (Lipinski definition) is 4. The lowest BCUT2D eigenvalue weighted by atomic mass is 10.2. The van der Waals surface area contributed by atoms with Crippen molar-refractivity contribution >= 4 is 23.2 Å². The van der Waals surface area contributed by atoms with Gasteiger partial charge >= 0.3 is 0 Å². The Morgan fingerprint density at radius 2 is 2.14 bits per heavy atom. The predicted molar refractivity (Wildman–Crippen MR) is 79.3 cm³/mol. The molecule has 0 aliphatic rings. The van der Waals surface area contributed by atoms with Crippen molar-refractivity contribution < 1.29 is 9.90 Å². The smallest absolute Gasteiger partial charge is 0.271 e. The molecule has 6 nitrogen and oxygen atoms in total. The summed E-state index contributed by atoms with van der Waals surface area (Å²) in [5.41, 5.74) is 5.00. The monoisotopic (exact) mass is 280 g/mol. The van der Waals surface area contributed by atoms with E-state index >= 15 is 0 Å². The number of aromatic nitrogens is 2. The predicted octanol–water partition coefficient (Wildman–Crippen LogP) is 2.03. The minimum absolute atomic E-state index is 0.106. The number of nitrogens with one attached hydrogen (secondary N) is 2. The minimum atomic E-state index is -0.335. The van der Waals surface area contributed by atoms with Crippen LogP contribution >= 0.6 is 0 Å². The molecule has 21 heavy (non-hydrogen) atoms. The number of para-hydroxylation sites is 1. The fourth-order valence-electron chi connectivity index (χ4n) is 1.90. The molecule has 0 radical (unpaired) electrons. The zero-order chi connectivity index (χ0) is 14.7. The van der Waals surface area contributed by atoms with E-state index in [0.717, 1.165) is 11.0 Å². The third-order valence-electron chi connectivity index (χ3n) is 2.99. The molecule has 0 atom stereocenters. The summed E-state index contributed by atoms with van der Waals surface area (Å²) in [5.74, 6) is -0.229. The first kappa shape index (κ1) is 12.9. The zero-order valence-electron chi connectivity index (χ0n) is 10.9. The van der Waals surface area contributed by atoms with Gasteiger partial charge in [-0.2, -0.15) is 5.10 Å². The molecule has 3 aromatic rings. The van der Waals surface area contributed by atoms with Crippen molar-refractivity contribution in [3.05, 3.63) is 59.9 Å². The summed E-state index contributed by atoms with van der Waals surface area (Å²) in [5, 5.41) is 13.4. The summed E-state index contributed by atoms with van der Waals surface area (Å²) in [6.07, 6.45) is 2.96. The van der Waals surface area contributed by atoms with Crippen LogP contribution in [0.1, 0.15) is 15.9 Å². The maximum Gasteiger partial charge on any atom is 0.271 e. The SMILES string of the molecule is O=C(N/N=C\c1ccccc1O)c1ccc2nc[nH]c2c1. The highest BCUT2D eigenvalue weighted by Gasteiger charge is 2.06.